The van der Waals surface area contributed by atoms with Gasteiger partial charge in [0.1, 0.15) is 0 Å². The van der Waals surface area contributed by atoms with Gasteiger partial charge in [0.2, 0.25) is 0 Å². The average molecular weight is 222 g/mol. The van der Waals surface area contributed by atoms with E-state index in [-0.39, 0.29) is 0 Å². The lowest BCUT2D eigenvalue weighted by Crippen LogP contribution is -2.09. The third kappa shape index (κ3) is 4.34. The molecule has 0 N–H and O–H groups in total. The van der Waals surface area contributed by atoms with E-state index in [4.69, 9.17) is 0 Å². The number of rotatable bonds is 3. The van der Waals surface area contributed by atoms with Crippen LogP contribution in [-0.4, -0.2) is 6.66 Å². The van der Waals surface area contributed by atoms with E-state index in [9.17, 15) is 0 Å². The smallest absolute Gasteiger partial charge is 0.00165 e. The summed E-state index contributed by atoms with van der Waals surface area (Å²) in [5, 5.41) is 0. The maximum Gasteiger partial charge on any atom is 0.00165 e. The van der Waals surface area contributed by atoms with Crippen LogP contribution in [0.3, 0.4) is 0 Å². The molecule has 0 saturated heterocycles. The topological polar surface area (TPSA) is 0 Å². The Morgan fingerprint density at radius 2 is 1.67 bits per heavy atom. The van der Waals surface area contributed by atoms with Crippen LogP contribution in [0.25, 0.3) is 0 Å². The molecule has 15 heavy (non-hydrogen) atoms. The predicted molar refractivity (Wildman–Crippen MR) is 72.2 cm³/mol. The van der Waals surface area contributed by atoms with Gasteiger partial charge in [0.25, 0.3) is 0 Å². The van der Waals surface area contributed by atoms with Crippen molar-refractivity contribution >= 4 is 8.58 Å². The molecule has 0 heterocycles. The normalized spacial score (nSPS) is 14.7. The van der Waals surface area contributed by atoms with E-state index >= 15 is 0 Å². The van der Waals surface area contributed by atoms with Gasteiger partial charge in [0, 0.05) is 5.66 Å². The van der Waals surface area contributed by atoms with Crippen molar-refractivity contribution in [2.24, 2.45) is 5.41 Å². The minimum Gasteiger partial charge on any atom is -0.118 e. The molecule has 84 valence electrons. The Morgan fingerprint density at radius 3 is 2.07 bits per heavy atom. The van der Waals surface area contributed by atoms with Crippen molar-refractivity contribution in [3.63, 3.8) is 0 Å². The van der Waals surface area contributed by atoms with E-state index < -0.39 is 0 Å². The monoisotopic (exact) mass is 222 g/mol. The van der Waals surface area contributed by atoms with Crippen molar-refractivity contribution in [3.8, 4) is 0 Å². The lowest BCUT2D eigenvalue weighted by Gasteiger charge is -2.25. The van der Waals surface area contributed by atoms with Crippen molar-refractivity contribution in [1.29, 1.82) is 0 Å². The first-order valence-electron chi connectivity index (χ1n) is 5.66. The Hall–Kier alpha value is -0.350. The van der Waals surface area contributed by atoms with Crippen LogP contribution >= 0.6 is 8.58 Å². The summed E-state index contributed by atoms with van der Waals surface area (Å²) >= 11 is 0. The molecule has 1 rings (SSSR count). The maximum atomic E-state index is 2.33. The largest absolute Gasteiger partial charge is 0.118 e. The molecule has 0 aliphatic rings. The van der Waals surface area contributed by atoms with Crippen LogP contribution < -0.4 is 0 Å². The van der Waals surface area contributed by atoms with Gasteiger partial charge in [-0.05, 0) is 31.0 Å². The maximum absolute atomic E-state index is 2.33. The summed E-state index contributed by atoms with van der Waals surface area (Å²) in [7, 11) is 0.997. The third-order valence-electron chi connectivity index (χ3n) is 2.64. The summed E-state index contributed by atoms with van der Waals surface area (Å²) in [6.07, 6.45) is 1.28. The Bertz CT molecular complexity index is 292. The minimum atomic E-state index is 0.429. The van der Waals surface area contributed by atoms with Gasteiger partial charge in [-0.1, -0.05) is 50.6 Å². The highest BCUT2D eigenvalue weighted by molar-refractivity contribution is 7.37. The van der Waals surface area contributed by atoms with Crippen LogP contribution in [0, 0.1) is 12.3 Å². The zero-order valence-corrected chi connectivity index (χ0v) is 11.6. The van der Waals surface area contributed by atoms with E-state index in [1.165, 1.54) is 17.5 Å². The number of aryl methyl sites for hydroxylation is 1. The second-order valence-electron chi connectivity index (χ2n) is 5.52. The quantitative estimate of drug-likeness (QED) is 0.645. The first-order valence-corrected chi connectivity index (χ1v) is 7.24. The van der Waals surface area contributed by atoms with Gasteiger partial charge in [-0.3, -0.25) is 0 Å². The standard InChI is InChI=1S/C14H23P/c1-11-6-8-12(9-7-11)13(15-5)10-14(2,3)4/h6-9,13,15H,10H2,1-5H3. The summed E-state index contributed by atoms with van der Waals surface area (Å²) in [5.74, 6) is 0. The molecule has 1 aromatic rings. The van der Waals surface area contributed by atoms with Crippen LogP contribution in [0.15, 0.2) is 24.3 Å². The van der Waals surface area contributed by atoms with E-state index in [1.807, 2.05) is 0 Å². The van der Waals surface area contributed by atoms with E-state index in [2.05, 4.69) is 58.6 Å². The zero-order valence-electron chi connectivity index (χ0n) is 10.6. The molecule has 0 nitrogen and oxygen atoms in total. The van der Waals surface area contributed by atoms with Gasteiger partial charge >= 0.3 is 0 Å². The molecule has 0 saturated carbocycles. The molecule has 0 bridgehead atoms. The van der Waals surface area contributed by atoms with Crippen molar-refractivity contribution in [2.75, 3.05) is 6.66 Å². The summed E-state index contributed by atoms with van der Waals surface area (Å²) in [6.45, 7) is 11.4. The van der Waals surface area contributed by atoms with Gasteiger partial charge in [-0.25, -0.2) is 0 Å². The lowest BCUT2D eigenvalue weighted by atomic mass is 9.88. The Kier molecular flexibility index (Phi) is 4.34. The second kappa shape index (κ2) is 5.12. The average Bonchev–Trinajstić information content (AvgIpc) is 2.14. The fourth-order valence-corrected chi connectivity index (χ4v) is 3.14. The molecule has 1 aromatic carbocycles. The van der Waals surface area contributed by atoms with Crippen LogP contribution in [0.4, 0.5) is 0 Å². The Balaban J connectivity index is 2.79. The predicted octanol–water partition coefficient (Wildman–Crippen LogP) is 4.78. The lowest BCUT2D eigenvalue weighted by molar-refractivity contribution is 0.374. The summed E-state index contributed by atoms with van der Waals surface area (Å²) < 4.78 is 0. The van der Waals surface area contributed by atoms with E-state index in [0.29, 0.717) is 5.41 Å². The highest BCUT2D eigenvalue weighted by atomic mass is 31.1. The number of hydrogen-bond donors (Lipinski definition) is 0. The molecule has 1 heteroatoms. The highest BCUT2D eigenvalue weighted by Crippen LogP contribution is 2.41. The van der Waals surface area contributed by atoms with E-state index in [0.717, 1.165) is 14.2 Å². The third-order valence-corrected chi connectivity index (χ3v) is 3.88. The molecular weight excluding hydrogens is 199 g/mol. The molecule has 0 spiro atoms. The van der Waals surface area contributed by atoms with Gasteiger partial charge in [0.05, 0.1) is 0 Å². The minimum absolute atomic E-state index is 0.429. The number of benzene rings is 1. The van der Waals surface area contributed by atoms with Gasteiger partial charge in [0.15, 0.2) is 0 Å². The van der Waals surface area contributed by atoms with Crippen LogP contribution in [-0.2, 0) is 0 Å². The van der Waals surface area contributed by atoms with Crippen molar-refractivity contribution in [2.45, 2.75) is 39.8 Å². The van der Waals surface area contributed by atoms with Crippen LogP contribution in [0.5, 0.6) is 0 Å². The molecular formula is C14H23P. The van der Waals surface area contributed by atoms with Crippen LogP contribution in [0.2, 0.25) is 0 Å². The molecule has 0 fully saturated rings. The molecule has 2 atom stereocenters. The molecule has 2 unspecified atom stereocenters. The summed E-state index contributed by atoms with van der Waals surface area (Å²) in [4.78, 5) is 0. The SMILES string of the molecule is CPC(CC(C)(C)C)c1ccc(C)cc1. The molecule has 0 aliphatic carbocycles. The highest BCUT2D eigenvalue weighted by Gasteiger charge is 2.18. The first kappa shape index (κ1) is 12.7. The van der Waals surface area contributed by atoms with Crippen molar-refractivity contribution < 1.29 is 0 Å². The fraction of sp³-hybridized carbons (Fsp3) is 0.571. The Labute approximate surface area is 96.3 Å². The zero-order chi connectivity index (χ0) is 11.5. The van der Waals surface area contributed by atoms with Crippen molar-refractivity contribution in [3.05, 3.63) is 35.4 Å². The molecule has 0 aliphatic heterocycles. The van der Waals surface area contributed by atoms with Crippen LogP contribution in [0.1, 0.15) is 44.0 Å². The first-order chi connectivity index (χ1) is 6.92. The molecule has 0 aromatic heterocycles. The van der Waals surface area contributed by atoms with Gasteiger partial charge in [-0.15, -0.1) is 8.58 Å². The Morgan fingerprint density at radius 1 is 1.13 bits per heavy atom. The van der Waals surface area contributed by atoms with Gasteiger partial charge in [-0.2, -0.15) is 0 Å². The molecule has 0 radical (unpaired) electrons. The second-order valence-corrected chi connectivity index (χ2v) is 6.79. The summed E-state index contributed by atoms with van der Waals surface area (Å²) in [6, 6.07) is 9.04. The fourth-order valence-electron chi connectivity index (χ4n) is 1.80. The van der Waals surface area contributed by atoms with E-state index in [1.54, 1.807) is 0 Å². The summed E-state index contributed by atoms with van der Waals surface area (Å²) in [5.41, 5.74) is 4.04. The van der Waals surface area contributed by atoms with Gasteiger partial charge < -0.3 is 0 Å². The van der Waals surface area contributed by atoms with Crippen molar-refractivity contribution in [1.82, 2.24) is 0 Å². The molecule has 0 amide bonds. The number of hydrogen-bond acceptors (Lipinski definition) is 0.